The fourth-order valence-electron chi connectivity index (χ4n) is 2.58. The Morgan fingerprint density at radius 1 is 1.30 bits per heavy atom. The van der Waals surface area contributed by atoms with Gasteiger partial charge >= 0.3 is 0 Å². The van der Waals surface area contributed by atoms with Gasteiger partial charge in [-0.15, -0.1) is 0 Å². The van der Waals surface area contributed by atoms with E-state index < -0.39 is 10.0 Å². The van der Waals surface area contributed by atoms with Crippen molar-refractivity contribution in [2.45, 2.75) is 31.2 Å². The lowest BCUT2D eigenvalue weighted by atomic mass is 10.1. The van der Waals surface area contributed by atoms with Crippen molar-refractivity contribution in [2.24, 2.45) is 0 Å². The number of aliphatic hydroxyl groups is 1. The second kappa shape index (κ2) is 6.67. The second-order valence-electron chi connectivity index (χ2n) is 5.22. The molecule has 0 bridgehead atoms. The maximum atomic E-state index is 11.9. The molecule has 1 unspecified atom stereocenters. The van der Waals surface area contributed by atoms with Gasteiger partial charge in [0.25, 0.3) is 0 Å². The van der Waals surface area contributed by atoms with Gasteiger partial charge in [-0.05, 0) is 37.6 Å². The predicted octanol–water partition coefficient (Wildman–Crippen LogP) is 0.692. The summed E-state index contributed by atoms with van der Waals surface area (Å²) in [5, 5.41) is 8.70. The van der Waals surface area contributed by atoms with E-state index in [1.165, 1.54) is 7.05 Å². The summed E-state index contributed by atoms with van der Waals surface area (Å²) in [5.41, 5.74) is 2.03. The number of nitrogens with zero attached hydrogens (tertiary/aromatic N) is 1. The number of piperidine rings is 1. The van der Waals surface area contributed by atoms with E-state index in [1.54, 1.807) is 0 Å². The molecule has 2 rings (SSSR count). The molecule has 112 valence electrons. The van der Waals surface area contributed by atoms with Crippen LogP contribution in [0, 0.1) is 0 Å². The number of rotatable bonds is 5. The highest BCUT2D eigenvalue weighted by Gasteiger charge is 2.29. The molecule has 0 saturated carbocycles. The van der Waals surface area contributed by atoms with Crippen LogP contribution in [0.5, 0.6) is 0 Å². The molecule has 1 atom stereocenters. The summed E-state index contributed by atoms with van der Waals surface area (Å²) in [6.45, 7) is 2.30. The molecule has 0 radical (unpaired) electrons. The first kappa shape index (κ1) is 15.4. The smallest absolute Gasteiger partial charge is 0.215 e. The fraction of sp³-hybridized carbons (Fsp3) is 0.571. The minimum Gasteiger partial charge on any atom is -0.392 e. The molecular formula is C14H22N2O3S. The van der Waals surface area contributed by atoms with Crippen LogP contribution in [0.25, 0.3) is 0 Å². The largest absolute Gasteiger partial charge is 0.392 e. The Morgan fingerprint density at radius 2 is 1.95 bits per heavy atom. The van der Waals surface area contributed by atoms with Gasteiger partial charge in [0.2, 0.25) is 10.0 Å². The Labute approximate surface area is 120 Å². The zero-order valence-electron chi connectivity index (χ0n) is 11.7. The molecule has 20 heavy (non-hydrogen) atoms. The molecule has 1 aromatic rings. The summed E-state index contributed by atoms with van der Waals surface area (Å²) in [6, 6.07) is 7.78. The number of hydrogen-bond donors (Lipinski definition) is 2. The maximum Gasteiger partial charge on any atom is 0.215 e. The lowest BCUT2D eigenvalue weighted by Crippen LogP contribution is -2.45. The van der Waals surface area contributed by atoms with E-state index in [0.717, 1.165) is 37.1 Å². The molecule has 1 aliphatic rings. The summed E-state index contributed by atoms with van der Waals surface area (Å²) < 4.78 is 26.2. The third-order valence-electron chi connectivity index (χ3n) is 3.80. The van der Waals surface area contributed by atoms with E-state index in [1.807, 2.05) is 24.3 Å². The molecule has 0 aliphatic carbocycles. The van der Waals surface area contributed by atoms with Crippen LogP contribution in [0.1, 0.15) is 24.0 Å². The van der Waals surface area contributed by atoms with Crippen LogP contribution in [0.2, 0.25) is 0 Å². The highest BCUT2D eigenvalue weighted by molar-refractivity contribution is 7.90. The Hall–Kier alpha value is -0.950. The Bertz CT molecular complexity index is 528. The summed E-state index contributed by atoms with van der Waals surface area (Å²) >= 11 is 0. The van der Waals surface area contributed by atoms with Crippen LogP contribution in [0.3, 0.4) is 0 Å². The number of likely N-dealkylation sites (tertiary alicyclic amines) is 1. The molecule has 1 saturated heterocycles. The summed E-state index contributed by atoms with van der Waals surface area (Å²) in [7, 11) is -1.71. The molecule has 1 heterocycles. The van der Waals surface area contributed by atoms with Crippen LogP contribution in [0.15, 0.2) is 24.3 Å². The van der Waals surface area contributed by atoms with Crippen LogP contribution < -0.4 is 4.72 Å². The zero-order valence-corrected chi connectivity index (χ0v) is 12.6. The van der Waals surface area contributed by atoms with Crippen LogP contribution in [0.4, 0.5) is 0 Å². The van der Waals surface area contributed by atoms with Crippen molar-refractivity contribution in [1.82, 2.24) is 9.62 Å². The number of aliphatic hydroxyl groups excluding tert-OH is 1. The standard InChI is InChI=1S/C14H22N2O3S/c1-15-20(18,19)14-3-2-8-16(10-14)9-12-4-6-13(11-17)7-5-12/h4-7,14-15,17H,2-3,8-11H2,1H3. The first-order valence-corrected chi connectivity index (χ1v) is 8.43. The first-order chi connectivity index (χ1) is 9.55. The van der Waals surface area contributed by atoms with Gasteiger partial charge in [0.15, 0.2) is 0 Å². The Kier molecular flexibility index (Phi) is 5.15. The molecule has 1 fully saturated rings. The second-order valence-corrected chi connectivity index (χ2v) is 7.39. The fourth-order valence-corrected chi connectivity index (χ4v) is 3.80. The topological polar surface area (TPSA) is 69.6 Å². The summed E-state index contributed by atoms with van der Waals surface area (Å²) in [6.07, 6.45) is 1.63. The molecule has 1 aliphatic heterocycles. The molecule has 6 heteroatoms. The number of benzene rings is 1. The first-order valence-electron chi connectivity index (χ1n) is 6.88. The van der Waals surface area contributed by atoms with Crippen molar-refractivity contribution in [1.29, 1.82) is 0 Å². The van der Waals surface area contributed by atoms with Crippen molar-refractivity contribution < 1.29 is 13.5 Å². The number of hydrogen-bond acceptors (Lipinski definition) is 4. The average Bonchev–Trinajstić information content (AvgIpc) is 2.48. The average molecular weight is 298 g/mol. The third kappa shape index (κ3) is 3.79. The van der Waals surface area contributed by atoms with E-state index in [-0.39, 0.29) is 11.9 Å². The number of nitrogens with one attached hydrogen (secondary N) is 1. The maximum absolute atomic E-state index is 11.9. The van der Waals surface area contributed by atoms with Crippen LogP contribution in [-0.4, -0.2) is 43.8 Å². The van der Waals surface area contributed by atoms with Crippen LogP contribution in [-0.2, 0) is 23.2 Å². The van der Waals surface area contributed by atoms with E-state index >= 15 is 0 Å². The molecule has 0 amide bonds. The zero-order chi connectivity index (χ0) is 14.6. The minimum absolute atomic E-state index is 0.0481. The minimum atomic E-state index is -3.18. The lowest BCUT2D eigenvalue weighted by Gasteiger charge is -2.32. The third-order valence-corrected chi connectivity index (χ3v) is 5.63. The Morgan fingerprint density at radius 3 is 2.55 bits per heavy atom. The molecular weight excluding hydrogens is 276 g/mol. The highest BCUT2D eigenvalue weighted by Crippen LogP contribution is 2.18. The van der Waals surface area contributed by atoms with E-state index in [0.29, 0.717) is 6.54 Å². The Balaban J connectivity index is 1.99. The summed E-state index contributed by atoms with van der Waals surface area (Å²) in [4.78, 5) is 2.18. The predicted molar refractivity (Wildman–Crippen MR) is 78.6 cm³/mol. The molecule has 1 aromatic carbocycles. The van der Waals surface area contributed by atoms with Crippen LogP contribution >= 0.6 is 0 Å². The molecule has 0 aromatic heterocycles. The lowest BCUT2D eigenvalue weighted by molar-refractivity contribution is 0.222. The molecule has 0 spiro atoms. The summed E-state index contributed by atoms with van der Waals surface area (Å²) in [5.74, 6) is 0. The molecule has 2 N–H and O–H groups in total. The van der Waals surface area contributed by atoms with E-state index in [9.17, 15) is 8.42 Å². The quantitative estimate of drug-likeness (QED) is 0.839. The molecule has 5 nitrogen and oxygen atoms in total. The van der Waals surface area contributed by atoms with Gasteiger partial charge in [0.05, 0.1) is 11.9 Å². The van der Waals surface area contributed by atoms with E-state index in [2.05, 4.69) is 9.62 Å². The van der Waals surface area contributed by atoms with Gasteiger partial charge in [-0.2, -0.15) is 0 Å². The van der Waals surface area contributed by atoms with Crippen molar-refractivity contribution in [3.63, 3.8) is 0 Å². The van der Waals surface area contributed by atoms with Crippen molar-refractivity contribution in [3.05, 3.63) is 35.4 Å². The van der Waals surface area contributed by atoms with Crippen molar-refractivity contribution >= 4 is 10.0 Å². The van der Waals surface area contributed by atoms with E-state index in [4.69, 9.17) is 5.11 Å². The van der Waals surface area contributed by atoms with Gasteiger partial charge < -0.3 is 5.11 Å². The normalized spacial score (nSPS) is 21.0. The van der Waals surface area contributed by atoms with Gasteiger partial charge in [0.1, 0.15) is 0 Å². The van der Waals surface area contributed by atoms with Crippen molar-refractivity contribution in [3.8, 4) is 0 Å². The SMILES string of the molecule is CNS(=O)(=O)C1CCCN(Cc2ccc(CO)cc2)C1. The number of sulfonamides is 1. The highest BCUT2D eigenvalue weighted by atomic mass is 32.2. The van der Waals surface area contributed by atoms with Gasteiger partial charge in [0, 0.05) is 13.1 Å². The van der Waals surface area contributed by atoms with Gasteiger partial charge in [-0.3, -0.25) is 4.90 Å². The van der Waals surface area contributed by atoms with Gasteiger partial charge in [-0.25, -0.2) is 13.1 Å². The van der Waals surface area contributed by atoms with Crippen molar-refractivity contribution in [2.75, 3.05) is 20.1 Å². The van der Waals surface area contributed by atoms with Gasteiger partial charge in [-0.1, -0.05) is 24.3 Å². The monoisotopic (exact) mass is 298 g/mol.